The highest BCUT2D eigenvalue weighted by Crippen LogP contribution is 2.46. The van der Waals surface area contributed by atoms with E-state index in [0.717, 1.165) is 6.42 Å². The number of benzene rings is 5. The van der Waals surface area contributed by atoms with Gasteiger partial charge in [0.05, 0.1) is 11.0 Å². The van der Waals surface area contributed by atoms with Gasteiger partial charge in [0.2, 0.25) is 0 Å². The van der Waals surface area contributed by atoms with Crippen LogP contribution in [0, 0.1) is 5.92 Å². The summed E-state index contributed by atoms with van der Waals surface area (Å²) in [6.45, 7) is 0. The van der Waals surface area contributed by atoms with Gasteiger partial charge in [-0.3, -0.25) is 0 Å². The van der Waals surface area contributed by atoms with Crippen LogP contribution in [0.4, 0.5) is 0 Å². The van der Waals surface area contributed by atoms with Gasteiger partial charge in [-0.05, 0) is 69.8 Å². The van der Waals surface area contributed by atoms with Crippen molar-refractivity contribution in [3.8, 4) is 0 Å². The van der Waals surface area contributed by atoms with Crippen molar-refractivity contribution in [2.75, 3.05) is 0 Å². The van der Waals surface area contributed by atoms with Crippen molar-refractivity contribution in [1.29, 1.82) is 0 Å². The molecule has 0 amide bonds. The maximum absolute atomic E-state index is 2.60. The quantitative estimate of drug-likeness (QED) is 0.221. The molecule has 0 saturated carbocycles. The Balaban J connectivity index is 1.65. The molecule has 0 bridgehead atoms. The lowest BCUT2D eigenvalue weighted by Crippen LogP contribution is -2.12. The van der Waals surface area contributed by atoms with E-state index >= 15 is 0 Å². The summed E-state index contributed by atoms with van der Waals surface area (Å²) in [7, 11) is 0. The maximum Gasteiger partial charge on any atom is 0.0622 e. The van der Waals surface area contributed by atoms with Gasteiger partial charge in [0.15, 0.2) is 0 Å². The van der Waals surface area contributed by atoms with E-state index in [9.17, 15) is 0 Å². The van der Waals surface area contributed by atoms with Crippen LogP contribution in [0.1, 0.15) is 19.3 Å². The van der Waals surface area contributed by atoms with Gasteiger partial charge in [-0.15, -0.1) is 0 Å². The number of nitrogens with zero attached hydrogens (tertiary/aromatic N) is 1. The highest BCUT2D eigenvalue weighted by molar-refractivity contribution is 6.36. The standard InChI is InChI=1S/C34H25N/c1-2-11-24-21-25(19-17-22(24)9-1)35-31-20-18-23-10-3-4-12-26(23)32(31)33-29-15-7-5-13-27(29)28-14-6-8-16-30(28)34(33)35/h1-8,10-16,18,20-22H,9,17,19H2. The molecule has 6 aromatic rings. The van der Waals surface area contributed by atoms with Gasteiger partial charge in [0, 0.05) is 21.9 Å². The van der Waals surface area contributed by atoms with Crippen LogP contribution >= 0.6 is 0 Å². The summed E-state index contributed by atoms with van der Waals surface area (Å²) in [6.07, 6.45) is 12.8. The first kappa shape index (κ1) is 19.2. The molecule has 0 spiro atoms. The SMILES string of the molecule is C1=CCC2CCC(n3c4ccc5ccccc5c4c4c5ccccc5c5ccccc5c43)=CC2=C1. The predicted octanol–water partition coefficient (Wildman–Crippen LogP) is 9.39. The minimum atomic E-state index is 0.662. The molecule has 1 unspecified atom stereocenters. The molecule has 1 heteroatoms. The molecule has 1 atom stereocenters. The second-order valence-electron chi connectivity index (χ2n) is 10.0. The maximum atomic E-state index is 2.60. The largest absolute Gasteiger partial charge is 0.312 e. The average molecular weight is 448 g/mol. The van der Waals surface area contributed by atoms with Crippen molar-refractivity contribution in [1.82, 2.24) is 4.57 Å². The lowest BCUT2D eigenvalue weighted by molar-refractivity contribution is 0.565. The van der Waals surface area contributed by atoms with Crippen molar-refractivity contribution in [2.45, 2.75) is 19.3 Å². The van der Waals surface area contributed by atoms with Crippen LogP contribution in [0.15, 0.2) is 115 Å². The summed E-state index contributed by atoms with van der Waals surface area (Å²) in [6, 6.07) is 31.4. The van der Waals surface area contributed by atoms with Crippen LogP contribution in [0.2, 0.25) is 0 Å². The van der Waals surface area contributed by atoms with Crippen molar-refractivity contribution >= 4 is 59.8 Å². The van der Waals surface area contributed by atoms with Crippen molar-refractivity contribution in [3.05, 3.63) is 115 Å². The zero-order valence-electron chi connectivity index (χ0n) is 19.5. The van der Waals surface area contributed by atoms with E-state index in [4.69, 9.17) is 0 Å². The lowest BCUT2D eigenvalue weighted by atomic mass is 9.82. The summed E-state index contributed by atoms with van der Waals surface area (Å²) in [5.41, 5.74) is 5.56. The van der Waals surface area contributed by atoms with Crippen LogP contribution in [0.5, 0.6) is 0 Å². The third-order valence-corrected chi connectivity index (χ3v) is 8.21. The van der Waals surface area contributed by atoms with Crippen LogP contribution in [0.25, 0.3) is 59.8 Å². The molecule has 166 valence electrons. The van der Waals surface area contributed by atoms with E-state index in [1.54, 1.807) is 0 Å². The summed E-state index contributed by atoms with van der Waals surface area (Å²) >= 11 is 0. The first-order valence-electron chi connectivity index (χ1n) is 12.7. The van der Waals surface area contributed by atoms with Gasteiger partial charge in [-0.2, -0.15) is 0 Å². The molecule has 0 radical (unpaired) electrons. The van der Waals surface area contributed by atoms with E-state index in [0.29, 0.717) is 5.92 Å². The van der Waals surface area contributed by atoms with Crippen LogP contribution in [-0.4, -0.2) is 4.57 Å². The molecular formula is C34H25N. The van der Waals surface area contributed by atoms with E-state index in [-0.39, 0.29) is 0 Å². The second kappa shape index (κ2) is 7.20. The molecular weight excluding hydrogens is 422 g/mol. The Kier molecular flexibility index (Phi) is 3.96. The Morgan fingerprint density at radius 1 is 0.657 bits per heavy atom. The van der Waals surface area contributed by atoms with Gasteiger partial charge in [0.25, 0.3) is 0 Å². The molecule has 0 saturated heterocycles. The third kappa shape index (κ3) is 2.64. The summed E-state index contributed by atoms with van der Waals surface area (Å²) < 4.78 is 2.60. The van der Waals surface area contributed by atoms with Crippen LogP contribution < -0.4 is 0 Å². The molecule has 0 aliphatic heterocycles. The topological polar surface area (TPSA) is 4.93 Å². The molecule has 1 heterocycles. The number of hydrogen-bond donors (Lipinski definition) is 0. The molecule has 5 aromatic carbocycles. The van der Waals surface area contributed by atoms with Crippen molar-refractivity contribution in [2.24, 2.45) is 5.92 Å². The summed E-state index contributed by atoms with van der Waals surface area (Å²) in [5, 5.41) is 10.7. The Hall–Kier alpha value is -4.10. The average Bonchev–Trinajstić information content (AvgIpc) is 3.29. The Bertz CT molecular complexity index is 1930. The summed E-state index contributed by atoms with van der Waals surface area (Å²) in [4.78, 5) is 0. The third-order valence-electron chi connectivity index (χ3n) is 8.21. The monoisotopic (exact) mass is 447 g/mol. The fourth-order valence-corrected chi connectivity index (χ4v) is 6.64. The Morgan fingerprint density at radius 3 is 2.23 bits per heavy atom. The van der Waals surface area contributed by atoms with Gasteiger partial charge in [-0.1, -0.05) is 97.1 Å². The minimum Gasteiger partial charge on any atom is -0.312 e. The molecule has 0 N–H and O–H groups in total. The van der Waals surface area contributed by atoms with Gasteiger partial charge >= 0.3 is 0 Å². The zero-order valence-corrected chi connectivity index (χ0v) is 19.5. The molecule has 1 aromatic heterocycles. The molecule has 35 heavy (non-hydrogen) atoms. The van der Waals surface area contributed by atoms with Crippen LogP contribution in [-0.2, 0) is 0 Å². The highest BCUT2D eigenvalue weighted by atomic mass is 15.0. The summed E-state index contributed by atoms with van der Waals surface area (Å²) in [5.74, 6) is 0.662. The second-order valence-corrected chi connectivity index (χ2v) is 10.0. The predicted molar refractivity (Wildman–Crippen MR) is 151 cm³/mol. The molecule has 2 aliphatic rings. The zero-order chi connectivity index (χ0) is 22.9. The smallest absolute Gasteiger partial charge is 0.0622 e. The number of hydrogen-bond acceptors (Lipinski definition) is 0. The first-order valence-corrected chi connectivity index (χ1v) is 12.7. The normalized spacial score (nSPS) is 17.9. The Morgan fingerprint density at radius 2 is 1.37 bits per heavy atom. The number of rotatable bonds is 1. The highest BCUT2D eigenvalue weighted by Gasteiger charge is 2.25. The van der Waals surface area contributed by atoms with Crippen LogP contribution in [0.3, 0.4) is 0 Å². The Labute approximate surface area is 204 Å². The molecule has 2 aliphatic carbocycles. The van der Waals surface area contributed by atoms with Crippen molar-refractivity contribution in [3.63, 3.8) is 0 Å². The number of aromatic nitrogens is 1. The minimum absolute atomic E-state index is 0.662. The van der Waals surface area contributed by atoms with Crippen molar-refractivity contribution < 1.29 is 0 Å². The molecule has 8 rings (SSSR count). The number of fused-ring (bicyclic) bond motifs is 11. The molecule has 1 nitrogen and oxygen atoms in total. The lowest BCUT2D eigenvalue weighted by Gasteiger charge is -2.27. The first-order chi connectivity index (χ1) is 17.4. The molecule has 0 fully saturated rings. The van der Waals surface area contributed by atoms with Gasteiger partial charge in [-0.25, -0.2) is 0 Å². The van der Waals surface area contributed by atoms with E-state index in [2.05, 4.69) is 114 Å². The van der Waals surface area contributed by atoms with Gasteiger partial charge in [0.1, 0.15) is 0 Å². The fraction of sp³-hybridized carbons (Fsp3) is 0.118. The van der Waals surface area contributed by atoms with E-state index < -0.39 is 0 Å². The fourth-order valence-electron chi connectivity index (χ4n) is 6.64. The number of allylic oxidation sites excluding steroid dienone is 6. The van der Waals surface area contributed by atoms with E-state index in [1.165, 1.54) is 78.2 Å². The van der Waals surface area contributed by atoms with Gasteiger partial charge < -0.3 is 4.57 Å². The van der Waals surface area contributed by atoms with E-state index in [1.807, 2.05) is 0 Å².